The highest BCUT2D eigenvalue weighted by Gasteiger charge is 2.38. The van der Waals surface area contributed by atoms with Gasteiger partial charge in [-0.15, -0.1) is 6.58 Å². The van der Waals surface area contributed by atoms with Gasteiger partial charge in [-0.1, -0.05) is 24.3 Å². The lowest BCUT2D eigenvalue weighted by molar-refractivity contribution is -0.136. The standard InChI is InChI=1S/C23H25N3O2/c1-6-13-26-22(27)20(17-8-7-15(2)16(3)14-17)21(23(26)28)24-18-9-11-19(12-10-18)25(4)5/h6-12,14,24H,1,13H2,2-5H3. The van der Waals surface area contributed by atoms with Crippen LogP contribution in [0.25, 0.3) is 5.57 Å². The summed E-state index contributed by atoms with van der Waals surface area (Å²) in [6, 6.07) is 13.5. The molecule has 0 saturated carbocycles. The third-order valence-electron chi connectivity index (χ3n) is 4.93. The number of hydrogen-bond acceptors (Lipinski definition) is 4. The molecule has 0 fully saturated rings. The van der Waals surface area contributed by atoms with Gasteiger partial charge in [0.25, 0.3) is 11.8 Å². The average molecular weight is 375 g/mol. The Bertz CT molecular complexity index is 972. The number of aryl methyl sites for hydroxylation is 2. The largest absolute Gasteiger partial charge is 0.378 e. The smallest absolute Gasteiger partial charge is 0.278 e. The zero-order valence-electron chi connectivity index (χ0n) is 16.7. The van der Waals surface area contributed by atoms with Crippen LogP contribution >= 0.6 is 0 Å². The minimum Gasteiger partial charge on any atom is -0.378 e. The number of nitrogens with zero attached hydrogens (tertiary/aromatic N) is 2. The predicted octanol–water partition coefficient (Wildman–Crippen LogP) is 3.75. The van der Waals surface area contributed by atoms with E-state index in [-0.39, 0.29) is 18.4 Å². The first-order chi connectivity index (χ1) is 13.3. The van der Waals surface area contributed by atoms with Crippen molar-refractivity contribution in [1.29, 1.82) is 0 Å². The highest BCUT2D eigenvalue weighted by atomic mass is 16.2. The van der Waals surface area contributed by atoms with Gasteiger partial charge in [0, 0.05) is 32.0 Å². The Hall–Kier alpha value is -3.34. The van der Waals surface area contributed by atoms with E-state index in [9.17, 15) is 9.59 Å². The number of hydrogen-bond donors (Lipinski definition) is 1. The predicted molar refractivity (Wildman–Crippen MR) is 114 cm³/mol. The minimum absolute atomic E-state index is 0.177. The third kappa shape index (κ3) is 3.56. The number of anilines is 2. The molecule has 0 spiro atoms. The molecule has 5 nitrogen and oxygen atoms in total. The molecule has 2 aromatic rings. The lowest BCUT2D eigenvalue weighted by atomic mass is 9.99. The van der Waals surface area contributed by atoms with Crippen LogP contribution in [0.1, 0.15) is 16.7 Å². The topological polar surface area (TPSA) is 52.7 Å². The summed E-state index contributed by atoms with van der Waals surface area (Å²) in [5.74, 6) is -0.643. The van der Waals surface area contributed by atoms with Crippen molar-refractivity contribution in [3.8, 4) is 0 Å². The van der Waals surface area contributed by atoms with Gasteiger partial charge < -0.3 is 10.2 Å². The third-order valence-corrected chi connectivity index (χ3v) is 4.93. The molecule has 0 bridgehead atoms. The van der Waals surface area contributed by atoms with Crippen molar-refractivity contribution in [2.75, 3.05) is 30.9 Å². The van der Waals surface area contributed by atoms with Crippen molar-refractivity contribution in [1.82, 2.24) is 4.90 Å². The van der Waals surface area contributed by atoms with Gasteiger partial charge in [-0.2, -0.15) is 0 Å². The summed E-state index contributed by atoms with van der Waals surface area (Å²) >= 11 is 0. The fraction of sp³-hybridized carbons (Fsp3) is 0.217. The van der Waals surface area contributed by atoms with E-state index in [1.165, 1.54) is 4.90 Å². The van der Waals surface area contributed by atoms with Gasteiger partial charge >= 0.3 is 0 Å². The van der Waals surface area contributed by atoms with Crippen molar-refractivity contribution in [3.63, 3.8) is 0 Å². The lowest BCUT2D eigenvalue weighted by Gasteiger charge is -2.14. The molecule has 0 aliphatic carbocycles. The summed E-state index contributed by atoms with van der Waals surface area (Å²) in [6.07, 6.45) is 1.56. The summed E-state index contributed by atoms with van der Waals surface area (Å²) in [5, 5.41) is 3.17. The number of carbonyl (C=O) groups is 2. The quantitative estimate of drug-likeness (QED) is 0.617. The fourth-order valence-electron chi connectivity index (χ4n) is 3.14. The van der Waals surface area contributed by atoms with Crippen LogP contribution in [0, 0.1) is 13.8 Å². The summed E-state index contributed by atoms with van der Waals surface area (Å²) in [7, 11) is 3.93. The molecule has 1 heterocycles. The van der Waals surface area contributed by atoms with E-state index in [4.69, 9.17) is 0 Å². The molecule has 1 aliphatic rings. The second kappa shape index (κ2) is 7.72. The van der Waals surface area contributed by atoms with E-state index in [1.54, 1.807) is 6.08 Å². The van der Waals surface area contributed by atoms with Crippen LogP contribution in [-0.4, -0.2) is 37.4 Å². The van der Waals surface area contributed by atoms with Gasteiger partial charge in [-0.3, -0.25) is 14.5 Å². The fourth-order valence-corrected chi connectivity index (χ4v) is 3.14. The van der Waals surface area contributed by atoms with Crippen molar-refractivity contribution in [3.05, 3.63) is 77.5 Å². The molecule has 0 atom stereocenters. The number of rotatable bonds is 6. The molecule has 1 aliphatic heterocycles. The Morgan fingerprint density at radius 3 is 2.25 bits per heavy atom. The zero-order chi connectivity index (χ0) is 20.4. The molecule has 2 aromatic carbocycles. The Morgan fingerprint density at radius 2 is 1.68 bits per heavy atom. The first-order valence-corrected chi connectivity index (χ1v) is 9.17. The first-order valence-electron chi connectivity index (χ1n) is 9.17. The maximum Gasteiger partial charge on any atom is 0.278 e. The van der Waals surface area contributed by atoms with E-state index in [2.05, 4.69) is 11.9 Å². The van der Waals surface area contributed by atoms with Crippen molar-refractivity contribution < 1.29 is 9.59 Å². The second-order valence-electron chi connectivity index (χ2n) is 7.12. The van der Waals surface area contributed by atoms with Gasteiger partial charge in [0.05, 0.1) is 5.57 Å². The van der Waals surface area contributed by atoms with E-state index in [1.807, 2.05) is 75.3 Å². The number of nitrogens with one attached hydrogen (secondary N) is 1. The molecule has 0 unspecified atom stereocenters. The molecule has 0 aromatic heterocycles. The van der Waals surface area contributed by atoms with E-state index in [0.29, 0.717) is 11.3 Å². The number of carbonyl (C=O) groups excluding carboxylic acids is 2. The van der Waals surface area contributed by atoms with Crippen LogP contribution in [-0.2, 0) is 9.59 Å². The van der Waals surface area contributed by atoms with Crippen molar-refractivity contribution in [2.45, 2.75) is 13.8 Å². The molecule has 2 amide bonds. The number of imide groups is 1. The van der Waals surface area contributed by atoms with Gasteiger partial charge in [-0.05, 0) is 54.8 Å². The first kappa shape index (κ1) is 19.4. The summed E-state index contributed by atoms with van der Waals surface area (Å²) < 4.78 is 0. The van der Waals surface area contributed by atoms with Crippen LogP contribution in [0.15, 0.2) is 60.8 Å². The molecule has 5 heteroatoms. The SMILES string of the molecule is C=CCN1C(=O)C(Nc2ccc(N(C)C)cc2)=C(c2ccc(C)c(C)c2)C1=O. The lowest BCUT2D eigenvalue weighted by Crippen LogP contribution is -2.32. The molecular weight excluding hydrogens is 350 g/mol. The highest BCUT2D eigenvalue weighted by Crippen LogP contribution is 2.31. The molecule has 3 rings (SSSR count). The molecule has 0 saturated heterocycles. The van der Waals surface area contributed by atoms with Crippen LogP contribution in [0.4, 0.5) is 11.4 Å². The normalized spacial score (nSPS) is 13.9. The van der Waals surface area contributed by atoms with E-state index < -0.39 is 0 Å². The summed E-state index contributed by atoms with van der Waals surface area (Å²) in [6.45, 7) is 7.85. The van der Waals surface area contributed by atoms with Gasteiger partial charge in [-0.25, -0.2) is 0 Å². The van der Waals surface area contributed by atoms with Crippen LogP contribution in [0.2, 0.25) is 0 Å². The van der Waals surface area contributed by atoms with Gasteiger partial charge in [0.15, 0.2) is 0 Å². The van der Waals surface area contributed by atoms with Crippen molar-refractivity contribution >= 4 is 28.8 Å². The van der Waals surface area contributed by atoms with E-state index >= 15 is 0 Å². The Labute approximate surface area is 166 Å². The van der Waals surface area contributed by atoms with Crippen LogP contribution in [0.3, 0.4) is 0 Å². The molecule has 144 valence electrons. The Kier molecular flexibility index (Phi) is 5.36. The number of benzene rings is 2. The molecular formula is C23H25N3O2. The van der Waals surface area contributed by atoms with E-state index in [0.717, 1.165) is 28.1 Å². The zero-order valence-corrected chi connectivity index (χ0v) is 16.7. The van der Waals surface area contributed by atoms with Crippen LogP contribution in [0.5, 0.6) is 0 Å². The Balaban J connectivity index is 2.05. The summed E-state index contributed by atoms with van der Waals surface area (Å²) in [5.41, 5.74) is 5.44. The summed E-state index contributed by atoms with van der Waals surface area (Å²) in [4.78, 5) is 29.2. The molecule has 0 radical (unpaired) electrons. The molecule has 28 heavy (non-hydrogen) atoms. The maximum atomic E-state index is 13.0. The second-order valence-corrected chi connectivity index (χ2v) is 7.12. The van der Waals surface area contributed by atoms with Crippen molar-refractivity contribution in [2.24, 2.45) is 0 Å². The molecule has 1 N–H and O–H groups in total. The Morgan fingerprint density at radius 1 is 1.00 bits per heavy atom. The number of amides is 2. The van der Waals surface area contributed by atoms with Crippen LogP contribution < -0.4 is 10.2 Å². The minimum atomic E-state index is -0.338. The highest BCUT2D eigenvalue weighted by molar-refractivity contribution is 6.36. The maximum absolute atomic E-state index is 13.0. The monoisotopic (exact) mass is 375 g/mol. The van der Waals surface area contributed by atoms with Gasteiger partial charge in [0.1, 0.15) is 5.70 Å². The average Bonchev–Trinajstić information content (AvgIpc) is 2.89. The van der Waals surface area contributed by atoms with Gasteiger partial charge in [0.2, 0.25) is 0 Å².